The summed E-state index contributed by atoms with van der Waals surface area (Å²) >= 11 is 0. The molecule has 10 nitrogen and oxygen atoms in total. The van der Waals surface area contributed by atoms with Crippen molar-refractivity contribution in [2.45, 2.75) is 44.9 Å². The summed E-state index contributed by atoms with van der Waals surface area (Å²) in [7, 11) is -4.84. The lowest BCUT2D eigenvalue weighted by molar-refractivity contribution is -0.420. The number of hydrogen-bond donors (Lipinski definition) is 1. The molecule has 3 atom stereocenters. The summed E-state index contributed by atoms with van der Waals surface area (Å²) in [5, 5.41) is 22.4. The zero-order chi connectivity index (χ0) is 28.2. The van der Waals surface area contributed by atoms with Gasteiger partial charge >= 0.3 is 10.1 Å². The highest BCUT2D eigenvalue weighted by molar-refractivity contribution is 7.91. The second-order valence-electron chi connectivity index (χ2n) is 8.35. The standard InChI is InChI=1S/C27H31NO9S/c1-4-12-25(23(5-2)28(31)32)38(33,34)37-24(19-35-17-21-13-8-6-9-14-21)26(27(3,30)20-29)36-18-22-15-10-7-11-16-22/h4-16,20,24,26,30H,1,17-19H2,2-3H3/b23-5+,25-12+. The highest BCUT2D eigenvalue weighted by atomic mass is 32.2. The molecule has 0 spiro atoms. The molecule has 11 heteroatoms. The molecule has 2 aromatic carbocycles. The highest BCUT2D eigenvalue weighted by Gasteiger charge is 2.43. The van der Waals surface area contributed by atoms with Crippen LogP contribution in [0.25, 0.3) is 0 Å². The van der Waals surface area contributed by atoms with Crippen molar-refractivity contribution in [2.75, 3.05) is 6.61 Å². The van der Waals surface area contributed by atoms with Gasteiger partial charge in [0.2, 0.25) is 0 Å². The van der Waals surface area contributed by atoms with Gasteiger partial charge in [-0.2, -0.15) is 8.42 Å². The van der Waals surface area contributed by atoms with Crippen molar-refractivity contribution < 1.29 is 36.9 Å². The Morgan fingerprint density at radius 2 is 1.66 bits per heavy atom. The lowest BCUT2D eigenvalue weighted by atomic mass is 9.96. The van der Waals surface area contributed by atoms with Gasteiger partial charge in [-0.05, 0) is 37.1 Å². The second-order valence-corrected chi connectivity index (χ2v) is 9.89. The summed E-state index contributed by atoms with van der Waals surface area (Å²) in [6, 6.07) is 17.8. The number of aldehydes is 1. The smallest absolute Gasteiger partial charge is 0.304 e. The first kappa shape index (κ1) is 30.7. The molecule has 0 aliphatic heterocycles. The number of carbonyl (C=O) groups is 1. The van der Waals surface area contributed by atoms with E-state index in [1.165, 1.54) is 6.92 Å². The van der Waals surface area contributed by atoms with Crippen LogP contribution in [0.2, 0.25) is 0 Å². The van der Waals surface area contributed by atoms with Crippen LogP contribution in [0.3, 0.4) is 0 Å². The number of nitrogens with zero attached hydrogens (tertiary/aromatic N) is 1. The van der Waals surface area contributed by atoms with E-state index >= 15 is 0 Å². The van der Waals surface area contributed by atoms with Crippen molar-refractivity contribution in [3.63, 3.8) is 0 Å². The molecule has 38 heavy (non-hydrogen) atoms. The fourth-order valence-electron chi connectivity index (χ4n) is 3.47. The maximum atomic E-state index is 13.3. The zero-order valence-electron chi connectivity index (χ0n) is 21.1. The van der Waals surface area contributed by atoms with Crippen molar-refractivity contribution in [1.29, 1.82) is 0 Å². The number of allylic oxidation sites excluding steroid dienone is 3. The topological polar surface area (TPSA) is 142 Å². The van der Waals surface area contributed by atoms with E-state index in [0.717, 1.165) is 30.7 Å². The number of rotatable bonds is 16. The average Bonchev–Trinajstić information content (AvgIpc) is 2.89. The Bertz CT molecular complexity index is 1240. The molecule has 0 aromatic heterocycles. The van der Waals surface area contributed by atoms with Crippen LogP contribution in [0, 0.1) is 10.1 Å². The van der Waals surface area contributed by atoms with Gasteiger partial charge in [0.25, 0.3) is 5.70 Å². The van der Waals surface area contributed by atoms with Gasteiger partial charge in [-0.3, -0.25) is 14.3 Å². The van der Waals surface area contributed by atoms with Gasteiger partial charge in [-0.25, -0.2) is 0 Å². The van der Waals surface area contributed by atoms with Crippen LogP contribution in [-0.4, -0.2) is 49.1 Å². The predicted octanol–water partition coefficient (Wildman–Crippen LogP) is 3.70. The number of hydrogen-bond acceptors (Lipinski definition) is 9. The van der Waals surface area contributed by atoms with Crippen molar-refractivity contribution in [3.8, 4) is 0 Å². The molecule has 0 aliphatic rings. The third-order valence-corrected chi connectivity index (χ3v) is 6.71. The Balaban J connectivity index is 2.46. The maximum absolute atomic E-state index is 13.3. The lowest BCUT2D eigenvalue weighted by Crippen LogP contribution is -2.53. The first-order chi connectivity index (χ1) is 18.1. The van der Waals surface area contributed by atoms with E-state index in [1.54, 1.807) is 54.6 Å². The molecule has 0 radical (unpaired) electrons. The van der Waals surface area contributed by atoms with Crippen LogP contribution >= 0.6 is 0 Å². The van der Waals surface area contributed by atoms with Crippen LogP contribution in [0.1, 0.15) is 25.0 Å². The number of carbonyl (C=O) groups excluding carboxylic acids is 1. The fraction of sp³-hybridized carbons (Fsp3) is 0.296. The Morgan fingerprint density at radius 1 is 1.11 bits per heavy atom. The number of benzene rings is 2. The highest BCUT2D eigenvalue weighted by Crippen LogP contribution is 2.27. The maximum Gasteiger partial charge on any atom is 0.304 e. The van der Waals surface area contributed by atoms with Gasteiger partial charge in [-0.15, -0.1) is 0 Å². The molecule has 2 aromatic rings. The minimum absolute atomic E-state index is 0.0553. The van der Waals surface area contributed by atoms with Crippen molar-refractivity contribution >= 4 is 16.4 Å². The molecule has 0 bridgehead atoms. The fourth-order valence-corrected chi connectivity index (χ4v) is 4.77. The van der Waals surface area contributed by atoms with E-state index in [-0.39, 0.29) is 19.5 Å². The van der Waals surface area contributed by atoms with Crippen molar-refractivity contribution in [1.82, 2.24) is 0 Å². The lowest BCUT2D eigenvalue weighted by Gasteiger charge is -2.34. The van der Waals surface area contributed by atoms with Crippen LogP contribution in [0.5, 0.6) is 0 Å². The third-order valence-electron chi connectivity index (χ3n) is 5.33. The molecule has 2 rings (SSSR count). The first-order valence-corrected chi connectivity index (χ1v) is 13.0. The monoisotopic (exact) mass is 545 g/mol. The third kappa shape index (κ3) is 8.82. The normalized spacial score (nSPS) is 15.8. The minimum atomic E-state index is -4.84. The summed E-state index contributed by atoms with van der Waals surface area (Å²) < 4.78 is 43.5. The molecular weight excluding hydrogens is 514 g/mol. The molecular formula is C27H31NO9S. The molecule has 0 amide bonds. The Kier molecular flexibility index (Phi) is 11.7. The molecule has 0 saturated carbocycles. The van der Waals surface area contributed by atoms with Gasteiger partial charge in [0.1, 0.15) is 17.8 Å². The molecule has 204 valence electrons. The summed E-state index contributed by atoms with van der Waals surface area (Å²) in [5.74, 6) is 0. The SMILES string of the molecule is C=C/C=C(\C(=C/C)[N+](=O)[O-])S(=O)(=O)OC(COCc1ccccc1)C(OCc1ccccc1)C(C)(O)C=O. The number of ether oxygens (including phenoxy) is 2. The van der Waals surface area contributed by atoms with Crippen LogP contribution in [0.4, 0.5) is 0 Å². The largest absolute Gasteiger partial charge is 0.380 e. The average molecular weight is 546 g/mol. The van der Waals surface area contributed by atoms with Crippen LogP contribution in [0.15, 0.2) is 96.1 Å². The van der Waals surface area contributed by atoms with Crippen LogP contribution < -0.4 is 0 Å². The Hall–Kier alpha value is -3.48. The second kappa shape index (κ2) is 14.5. The number of aliphatic hydroxyl groups is 1. The summed E-state index contributed by atoms with van der Waals surface area (Å²) in [6.45, 7) is 5.38. The van der Waals surface area contributed by atoms with E-state index < -0.39 is 50.1 Å². The van der Waals surface area contributed by atoms with E-state index in [4.69, 9.17) is 13.7 Å². The minimum Gasteiger partial charge on any atom is -0.380 e. The number of nitro groups is 1. The summed E-state index contributed by atoms with van der Waals surface area (Å²) in [4.78, 5) is 21.7. The molecule has 0 saturated heterocycles. The summed E-state index contributed by atoms with van der Waals surface area (Å²) in [6.07, 6.45) is 0.0771. The first-order valence-electron chi connectivity index (χ1n) is 11.6. The van der Waals surface area contributed by atoms with E-state index in [0.29, 0.717) is 5.56 Å². The Morgan fingerprint density at radius 3 is 2.13 bits per heavy atom. The van der Waals surface area contributed by atoms with Gasteiger partial charge in [-0.1, -0.05) is 73.3 Å². The summed E-state index contributed by atoms with van der Waals surface area (Å²) in [5.41, 5.74) is -1.49. The van der Waals surface area contributed by atoms with E-state index in [2.05, 4.69) is 6.58 Å². The van der Waals surface area contributed by atoms with Gasteiger partial charge < -0.3 is 19.4 Å². The van der Waals surface area contributed by atoms with Crippen LogP contribution in [-0.2, 0) is 41.8 Å². The van der Waals surface area contributed by atoms with Crippen molar-refractivity contribution in [3.05, 3.63) is 117 Å². The van der Waals surface area contributed by atoms with Gasteiger partial charge in [0, 0.05) is 0 Å². The zero-order valence-corrected chi connectivity index (χ0v) is 22.0. The predicted molar refractivity (Wildman–Crippen MR) is 141 cm³/mol. The molecule has 0 aliphatic carbocycles. The van der Waals surface area contributed by atoms with Crippen molar-refractivity contribution in [2.24, 2.45) is 0 Å². The van der Waals surface area contributed by atoms with E-state index in [9.17, 15) is 28.4 Å². The quantitative estimate of drug-likeness (QED) is 0.110. The Labute approximate surface area is 222 Å². The molecule has 3 unspecified atom stereocenters. The molecule has 0 heterocycles. The van der Waals surface area contributed by atoms with E-state index in [1.807, 2.05) is 6.07 Å². The van der Waals surface area contributed by atoms with Gasteiger partial charge in [0.05, 0.1) is 24.7 Å². The van der Waals surface area contributed by atoms with Gasteiger partial charge in [0.15, 0.2) is 11.2 Å². The molecule has 0 fully saturated rings. The molecule has 1 N–H and O–H groups in total.